The third kappa shape index (κ3) is 4.89. The molecule has 1 atom stereocenters. The second-order valence-electron chi connectivity index (χ2n) is 8.30. The standard InChI is InChI=1S/C24H23FN6O5/c25-21-11-17(30-13-19(35-24(30)34)4-3-18-7-8-28-36-18)2-5-20(21)16-1-6-22(26-12-16)29-9-10-31(27-15-29)23(33)14-32/h1-2,5-8,11-12,15,19,32H,3-4,9-10,13-14H2/t19-/m0/s1. The molecule has 0 spiro atoms. The Bertz CT molecular complexity index is 1270. The lowest BCUT2D eigenvalue weighted by Crippen LogP contribution is -2.41. The van der Waals surface area contributed by atoms with E-state index in [0.717, 1.165) is 0 Å². The molecule has 0 saturated carbocycles. The van der Waals surface area contributed by atoms with E-state index in [0.29, 0.717) is 60.9 Å². The van der Waals surface area contributed by atoms with E-state index in [-0.39, 0.29) is 6.10 Å². The van der Waals surface area contributed by atoms with Gasteiger partial charge < -0.3 is 19.3 Å². The summed E-state index contributed by atoms with van der Waals surface area (Å²) in [5, 5.41) is 17.8. The number of aryl methyl sites for hydroxylation is 1. The zero-order valence-electron chi connectivity index (χ0n) is 19.2. The Balaban J connectivity index is 1.24. The van der Waals surface area contributed by atoms with Crippen molar-refractivity contribution in [3.8, 4) is 11.1 Å². The number of aliphatic hydroxyl groups is 1. The van der Waals surface area contributed by atoms with Crippen LogP contribution in [0.4, 0.5) is 20.7 Å². The highest BCUT2D eigenvalue weighted by atomic mass is 19.1. The highest BCUT2D eigenvalue weighted by molar-refractivity contribution is 5.90. The van der Waals surface area contributed by atoms with E-state index in [2.05, 4.69) is 15.2 Å². The van der Waals surface area contributed by atoms with Crippen LogP contribution in [0.1, 0.15) is 12.2 Å². The van der Waals surface area contributed by atoms with Gasteiger partial charge in [0.15, 0.2) is 0 Å². The number of ether oxygens (including phenoxy) is 1. The van der Waals surface area contributed by atoms with Gasteiger partial charge in [-0.15, -0.1) is 0 Å². The Kier molecular flexibility index (Phi) is 6.58. The smallest absolute Gasteiger partial charge is 0.414 e. The molecular weight excluding hydrogens is 471 g/mol. The Morgan fingerprint density at radius 3 is 2.75 bits per heavy atom. The van der Waals surface area contributed by atoms with Crippen LogP contribution in [0.3, 0.4) is 0 Å². The van der Waals surface area contributed by atoms with Crippen molar-refractivity contribution < 1.29 is 28.3 Å². The number of pyridine rings is 1. The summed E-state index contributed by atoms with van der Waals surface area (Å²) in [4.78, 5) is 31.4. The molecule has 0 aliphatic carbocycles. The van der Waals surface area contributed by atoms with Crippen LogP contribution in [0.2, 0.25) is 0 Å². The van der Waals surface area contributed by atoms with Gasteiger partial charge in [-0.3, -0.25) is 9.69 Å². The molecule has 2 aliphatic rings. The van der Waals surface area contributed by atoms with Crippen LogP contribution in [0.15, 0.2) is 58.4 Å². The van der Waals surface area contributed by atoms with Crippen molar-refractivity contribution >= 4 is 29.8 Å². The quantitative estimate of drug-likeness (QED) is 0.531. The van der Waals surface area contributed by atoms with Gasteiger partial charge in [0.2, 0.25) is 0 Å². The monoisotopic (exact) mass is 494 g/mol. The number of amides is 2. The molecule has 0 radical (unpaired) electrons. The summed E-state index contributed by atoms with van der Waals surface area (Å²) in [5.74, 6) is 0.340. The topological polar surface area (TPSA) is 125 Å². The maximum Gasteiger partial charge on any atom is 0.414 e. The molecule has 5 rings (SSSR count). The Morgan fingerprint density at radius 2 is 2.08 bits per heavy atom. The van der Waals surface area contributed by atoms with E-state index >= 15 is 4.39 Å². The predicted molar refractivity (Wildman–Crippen MR) is 127 cm³/mol. The molecule has 12 heteroatoms. The number of hydrazone groups is 1. The van der Waals surface area contributed by atoms with E-state index in [1.807, 2.05) is 0 Å². The molecule has 1 aromatic carbocycles. The maximum atomic E-state index is 15.0. The van der Waals surface area contributed by atoms with Gasteiger partial charge in [0.05, 0.1) is 25.0 Å². The number of benzene rings is 1. The van der Waals surface area contributed by atoms with E-state index in [9.17, 15) is 9.59 Å². The number of halogens is 1. The minimum atomic E-state index is -0.599. The van der Waals surface area contributed by atoms with Crippen molar-refractivity contribution in [3.05, 3.63) is 60.4 Å². The number of carbonyl (C=O) groups is 2. The number of hydrogen-bond donors (Lipinski definition) is 1. The summed E-state index contributed by atoms with van der Waals surface area (Å²) in [6.45, 7) is 0.490. The molecule has 11 nitrogen and oxygen atoms in total. The van der Waals surface area contributed by atoms with Crippen LogP contribution < -0.4 is 9.80 Å². The largest absolute Gasteiger partial charge is 0.444 e. The lowest BCUT2D eigenvalue weighted by Gasteiger charge is -2.27. The lowest BCUT2D eigenvalue weighted by atomic mass is 10.1. The summed E-state index contributed by atoms with van der Waals surface area (Å²) >= 11 is 0. The first kappa shape index (κ1) is 23.4. The molecule has 4 heterocycles. The molecule has 0 bridgehead atoms. The number of hydrogen-bond acceptors (Lipinski definition) is 9. The van der Waals surface area contributed by atoms with Crippen molar-refractivity contribution in [2.75, 3.05) is 36.0 Å². The number of aromatic nitrogens is 2. The van der Waals surface area contributed by atoms with Crippen LogP contribution >= 0.6 is 0 Å². The fraction of sp³-hybridized carbons (Fsp3) is 0.292. The molecule has 1 saturated heterocycles. The molecule has 2 aromatic heterocycles. The van der Waals surface area contributed by atoms with Crippen molar-refractivity contribution in [2.45, 2.75) is 18.9 Å². The zero-order valence-corrected chi connectivity index (χ0v) is 19.2. The van der Waals surface area contributed by atoms with E-state index in [1.165, 1.54) is 22.3 Å². The van der Waals surface area contributed by atoms with Gasteiger partial charge in [-0.05, 0) is 36.8 Å². The van der Waals surface area contributed by atoms with Gasteiger partial charge in [0.25, 0.3) is 5.91 Å². The Labute approximate surface area is 205 Å². The summed E-state index contributed by atoms with van der Waals surface area (Å²) in [6.07, 6.45) is 4.90. The molecule has 3 aromatic rings. The first-order chi connectivity index (χ1) is 17.5. The lowest BCUT2D eigenvalue weighted by molar-refractivity contribution is -0.134. The normalized spacial score (nSPS) is 17.6. The van der Waals surface area contributed by atoms with Gasteiger partial charge in [-0.1, -0.05) is 5.16 Å². The first-order valence-corrected chi connectivity index (χ1v) is 11.4. The fourth-order valence-corrected chi connectivity index (χ4v) is 4.07. The molecule has 2 amide bonds. The molecule has 36 heavy (non-hydrogen) atoms. The molecule has 1 fully saturated rings. The van der Waals surface area contributed by atoms with Crippen LogP contribution in [-0.4, -0.2) is 70.9 Å². The first-order valence-electron chi connectivity index (χ1n) is 11.4. The number of carbonyl (C=O) groups excluding carboxylic acids is 2. The number of aliphatic hydroxyl groups excluding tert-OH is 1. The highest BCUT2D eigenvalue weighted by Gasteiger charge is 2.32. The molecule has 1 N–H and O–H groups in total. The molecule has 2 aliphatic heterocycles. The third-order valence-corrected chi connectivity index (χ3v) is 6.00. The van der Waals surface area contributed by atoms with Gasteiger partial charge in [-0.2, -0.15) is 5.10 Å². The molecular formula is C24H23FN6O5. The Morgan fingerprint density at radius 1 is 1.19 bits per heavy atom. The second-order valence-corrected chi connectivity index (χ2v) is 8.30. The minimum absolute atomic E-state index is 0.315. The minimum Gasteiger partial charge on any atom is -0.444 e. The highest BCUT2D eigenvalue weighted by Crippen LogP contribution is 2.30. The average Bonchev–Trinajstić information content (AvgIpc) is 3.56. The van der Waals surface area contributed by atoms with Crippen molar-refractivity contribution in [2.24, 2.45) is 5.10 Å². The third-order valence-electron chi connectivity index (χ3n) is 6.00. The van der Waals surface area contributed by atoms with Crippen LogP contribution in [0.5, 0.6) is 0 Å². The van der Waals surface area contributed by atoms with Gasteiger partial charge in [-0.25, -0.2) is 19.2 Å². The van der Waals surface area contributed by atoms with Gasteiger partial charge in [0, 0.05) is 36.4 Å². The summed E-state index contributed by atoms with van der Waals surface area (Å²) in [7, 11) is 0. The summed E-state index contributed by atoms with van der Waals surface area (Å²) in [6, 6.07) is 9.83. The number of cyclic esters (lactones) is 1. The molecule has 186 valence electrons. The number of nitrogens with zero attached hydrogens (tertiary/aromatic N) is 6. The van der Waals surface area contributed by atoms with Crippen LogP contribution in [0.25, 0.3) is 11.1 Å². The van der Waals surface area contributed by atoms with Crippen molar-refractivity contribution in [1.29, 1.82) is 0 Å². The fourth-order valence-electron chi connectivity index (χ4n) is 4.07. The maximum absolute atomic E-state index is 15.0. The van der Waals surface area contributed by atoms with Gasteiger partial charge >= 0.3 is 6.09 Å². The average molecular weight is 494 g/mol. The van der Waals surface area contributed by atoms with Crippen molar-refractivity contribution in [3.63, 3.8) is 0 Å². The van der Waals surface area contributed by atoms with E-state index < -0.39 is 24.4 Å². The zero-order chi connectivity index (χ0) is 25.1. The van der Waals surface area contributed by atoms with E-state index in [1.54, 1.807) is 47.6 Å². The predicted octanol–water partition coefficient (Wildman–Crippen LogP) is 2.42. The van der Waals surface area contributed by atoms with Crippen molar-refractivity contribution in [1.82, 2.24) is 15.1 Å². The second kappa shape index (κ2) is 10.1. The van der Waals surface area contributed by atoms with E-state index in [4.69, 9.17) is 14.4 Å². The SMILES string of the molecule is O=C(CO)N1CCN(c2ccc(-c3ccc(N4C[C@H](CCc5ccno5)OC4=O)cc3F)cn2)C=N1. The number of rotatable bonds is 7. The summed E-state index contributed by atoms with van der Waals surface area (Å²) in [5.41, 5.74) is 1.33. The van der Waals surface area contributed by atoms with Gasteiger partial charge in [0.1, 0.15) is 36.4 Å². The summed E-state index contributed by atoms with van der Waals surface area (Å²) < 4.78 is 25.5. The van der Waals surface area contributed by atoms with Crippen LogP contribution in [-0.2, 0) is 16.0 Å². The molecule has 0 unspecified atom stereocenters. The Hall–Kier alpha value is -4.32. The van der Waals surface area contributed by atoms with Crippen LogP contribution in [0, 0.1) is 5.82 Å². The number of anilines is 2.